The Morgan fingerprint density at radius 2 is 1.86 bits per heavy atom. The van der Waals surface area contributed by atoms with Crippen LogP contribution in [-0.4, -0.2) is 7.63 Å². The molecule has 0 heterocycles. The summed E-state index contributed by atoms with van der Waals surface area (Å²) in [6.07, 6.45) is 10.0. The van der Waals surface area contributed by atoms with Gasteiger partial charge in [-0.3, -0.25) is 6.08 Å². The minimum absolute atomic E-state index is 0. The summed E-state index contributed by atoms with van der Waals surface area (Å²) in [5.74, 6) is 0. The van der Waals surface area contributed by atoms with E-state index in [0.29, 0.717) is 0 Å². The molecule has 0 saturated heterocycles. The van der Waals surface area contributed by atoms with Gasteiger partial charge >= 0.3 is 33.8 Å². The van der Waals surface area contributed by atoms with Crippen molar-refractivity contribution in [2.24, 2.45) is 0 Å². The van der Waals surface area contributed by atoms with Gasteiger partial charge in [-0.25, -0.2) is 12.2 Å². The molecule has 2 radical (unpaired) electrons. The number of halogens is 3. The van der Waals surface area contributed by atoms with Gasteiger partial charge in [0.1, 0.15) is 0 Å². The maximum Gasteiger partial charge on any atom is -0.0809 e. The molecule has 115 valence electrons. The van der Waals surface area contributed by atoms with Gasteiger partial charge in [-0.2, -0.15) is 30.5 Å². The van der Waals surface area contributed by atoms with Crippen molar-refractivity contribution in [3.8, 4) is 0 Å². The largest absolute Gasteiger partial charge is 0.168 e. The number of rotatable bonds is 0. The van der Waals surface area contributed by atoms with Crippen LogP contribution in [0.4, 0.5) is 0 Å². The predicted molar refractivity (Wildman–Crippen MR) is 98.2 cm³/mol. The van der Waals surface area contributed by atoms with E-state index in [9.17, 15) is 0 Å². The van der Waals surface area contributed by atoms with Crippen molar-refractivity contribution >= 4 is 52.5 Å². The third-order valence-electron chi connectivity index (χ3n) is 2.13. The molecule has 0 aromatic heterocycles. The van der Waals surface area contributed by atoms with Crippen LogP contribution in [-0.2, 0) is 16.8 Å². The molecular formula is C16H19Cl3SiTi-3. The van der Waals surface area contributed by atoms with Crippen LogP contribution in [0.25, 0.3) is 10.8 Å². The molecule has 2 aromatic rings. The van der Waals surface area contributed by atoms with E-state index in [0.717, 1.165) is 6.42 Å². The molecule has 0 saturated carbocycles. The third kappa shape index (κ3) is 13.5. The summed E-state index contributed by atoms with van der Waals surface area (Å²) in [6, 6.07) is 14.7. The van der Waals surface area contributed by atoms with Gasteiger partial charge in [0.05, 0.1) is 0 Å². The fourth-order valence-corrected chi connectivity index (χ4v) is 1.41. The molecule has 0 N–H and O–H groups in total. The molecule has 1 aliphatic rings. The number of benzene rings is 1. The summed E-state index contributed by atoms with van der Waals surface area (Å²) >= 11 is -0.222. The monoisotopic (exact) mass is 392 g/mol. The van der Waals surface area contributed by atoms with E-state index in [1.54, 1.807) is 6.92 Å². The maximum atomic E-state index is 5.04. The summed E-state index contributed by atoms with van der Waals surface area (Å²) in [6.45, 7) is 5.00. The topological polar surface area (TPSA) is 0 Å². The van der Waals surface area contributed by atoms with Gasteiger partial charge in [0.15, 0.2) is 0 Å². The van der Waals surface area contributed by atoms with Gasteiger partial charge in [-0.1, -0.05) is 6.07 Å². The SMILES string of the molecule is Cl.Cl.[C-]1=CC=CC1.[CH2-]C.[Si]=[Ti][Cl].c1ccc2[cH-]ccc2c1. The predicted octanol–water partition coefficient (Wildman–Crippen LogP) is 5.85. The van der Waals surface area contributed by atoms with Crippen molar-refractivity contribution in [2.45, 2.75) is 13.3 Å². The van der Waals surface area contributed by atoms with Crippen LogP contribution in [0.1, 0.15) is 13.3 Å². The van der Waals surface area contributed by atoms with Gasteiger partial charge in [-0.05, 0) is 0 Å². The van der Waals surface area contributed by atoms with Crippen molar-refractivity contribution < 1.29 is 16.8 Å². The van der Waals surface area contributed by atoms with E-state index < -0.39 is 0 Å². The Bertz CT molecular complexity index is 467. The molecule has 0 fully saturated rings. The second-order valence-corrected chi connectivity index (χ2v) is 6.66. The van der Waals surface area contributed by atoms with Crippen LogP contribution in [0.15, 0.2) is 60.7 Å². The molecule has 5 heteroatoms. The summed E-state index contributed by atoms with van der Waals surface area (Å²) in [7, 11) is 8.11. The molecule has 0 unspecified atom stereocenters. The first-order valence-corrected chi connectivity index (χ1v) is 10.9. The zero-order valence-corrected chi connectivity index (χ0v) is 16.8. The standard InChI is InChI=1S/C9H7.C5H5.C2H5.3ClH.Si.Ti/c1-2-5-9-7-3-6-8(9)4-1;1-2-4-5-3-1;1-2;;;;;/h1-7H;1-3H,4H2;1H2,2H3;3*1H;;/q3*-1;;;;;+1/p-1. The van der Waals surface area contributed by atoms with Gasteiger partial charge < -0.3 is 6.92 Å². The van der Waals surface area contributed by atoms with Crippen molar-refractivity contribution in [2.75, 3.05) is 0 Å². The van der Waals surface area contributed by atoms with E-state index in [1.165, 1.54) is 10.8 Å². The maximum absolute atomic E-state index is 5.04. The van der Waals surface area contributed by atoms with E-state index in [4.69, 9.17) is 9.30 Å². The third-order valence-corrected chi connectivity index (χ3v) is 2.13. The molecule has 0 nitrogen and oxygen atoms in total. The van der Waals surface area contributed by atoms with E-state index in [1.807, 2.05) is 12.2 Å². The Labute approximate surface area is 155 Å². The van der Waals surface area contributed by atoms with Crippen LogP contribution in [0.3, 0.4) is 0 Å². The zero-order valence-electron chi connectivity index (χ0n) is 11.9. The first-order valence-electron chi connectivity index (χ1n) is 5.93. The van der Waals surface area contributed by atoms with Gasteiger partial charge in [0.25, 0.3) is 0 Å². The molecule has 0 bridgehead atoms. The Morgan fingerprint density at radius 1 is 1.24 bits per heavy atom. The number of allylic oxidation sites excluding steroid dienone is 4. The minimum atomic E-state index is -0.222. The molecule has 1 aliphatic carbocycles. The normalized spacial score (nSPS) is 9.29. The minimum Gasteiger partial charge on any atom is -0.168 e. The van der Waals surface area contributed by atoms with Crippen LogP contribution >= 0.6 is 34.1 Å². The Hall–Kier alpha value is 0.111. The number of hydrogen-bond acceptors (Lipinski definition) is 0. The van der Waals surface area contributed by atoms with Gasteiger partial charge in [0, 0.05) is 0 Å². The molecule has 0 atom stereocenters. The second kappa shape index (κ2) is 20.1. The molecule has 3 rings (SSSR count). The van der Waals surface area contributed by atoms with E-state index in [2.05, 4.69) is 69.2 Å². The Kier molecular flexibility index (Phi) is 24.9. The molecule has 0 spiro atoms. The molecule has 21 heavy (non-hydrogen) atoms. The average molecular weight is 394 g/mol. The number of hydrogen-bond donors (Lipinski definition) is 0. The van der Waals surface area contributed by atoms with Crippen LogP contribution in [0, 0.1) is 13.0 Å². The fraction of sp³-hybridized carbons (Fsp3) is 0.125. The second-order valence-electron chi connectivity index (χ2n) is 3.25. The summed E-state index contributed by atoms with van der Waals surface area (Å²) < 4.78 is 0. The smallest absolute Gasteiger partial charge is 0.0809 e. The fourth-order valence-electron chi connectivity index (χ4n) is 1.41. The molecule has 2 aromatic carbocycles. The van der Waals surface area contributed by atoms with Crippen molar-refractivity contribution in [1.82, 2.24) is 0 Å². The first kappa shape index (κ1) is 26.0. The van der Waals surface area contributed by atoms with Crippen molar-refractivity contribution in [1.29, 1.82) is 0 Å². The molecule has 0 aliphatic heterocycles. The summed E-state index contributed by atoms with van der Waals surface area (Å²) in [5, 5.41) is 2.66. The Balaban J connectivity index is -0.000000236. The van der Waals surface area contributed by atoms with Crippen LogP contribution < -0.4 is 0 Å². The summed E-state index contributed by atoms with van der Waals surface area (Å²) in [5.41, 5.74) is 0. The van der Waals surface area contributed by atoms with Gasteiger partial charge in [0.2, 0.25) is 0 Å². The van der Waals surface area contributed by atoms with Crippen LogP contribution in [0.5, 0.6) is 0 Å². The zero-order chi connectivity index (χ0) is 14.3. The molecule has 0 amide bonds. The van der Waals surface area contributed by atoms with Crippen molar-refractivity contribution in [3.05, 3.63) is 73.7 Å². The van der Waals surface area contributed by atoms with E-state index >= 15 is 0 Å². The average Bonchev–Trinajstić information content (AvgIpc) is 3.16. The Morgan fingerprint density at radius 3 is 2.29 bits per heavy atom. The quantitative estimate of drug-likeness (QED) is 0.389. The van der Waals surface area contributed by atoms with E-state index in [-0.39, 0.29) is 41.6 Å². The van der Waals surface area contributed by atoms with Gasteiger partial charge in [-0.15, -0.1) is 60.9 Å². The summed E-state index contributed by atoms with van der Waals surface area (Å²) in [4.78, 5) is 0. The van der Waals surface area contributed by atoms with Crippen molar-refractivity contribution in [3.63, 3.8) is 0 Å². The van der Waals surface area contributed by atoms with Crippen LogP contribution in [0.2, 0.25) is 0 Å². The number of fused-ring (bicyclic) bond motifs is 1. The first-order chi connectivity index (χ1) is 9.38. The molecular weight excluding hydrogens is 374 g/mol.